The zero-order valence-corrected chi connectivity index (χ0v) is 16.3. The number of hydrogen-bond acceptors (Lipinski definition) is 3. The molecule has 0 saturated heterocycles. The first-order chi connectivity index (χ1) is 13.7. The summed E-state index contributed by atoms with van der Waals surface area (Å²) in [6, 6.07) is 12.7. The van der Waals surface area contributed by atoms with Gasteiger partial charge in [-0.1, -0.05) is 12.1 Å². The summed E-state index contributed by atoms with van der Waals surface area (Å²) in [5.41, 5.74) is 1.96. The maximum absolute atomic E-state index is 12.3. The summed E-state index contributed by atoms with van der Waals surface area (Å²) in [4.78, 5) is 26.3. The van der Waals surface area contributed by atoms with E-state index in [1.807, 2.05) is 13.8 Å². The maximum atomic E-state index is 12.3. The van der Waals surface area contributed by atoms with Gasteiger partial charge in [-0.25, -0.2) is 0 Å². The van der Waals surface area contributed by atoms with Crippen LogP contribution in [0.3, 0.4) is 0 Å². The maximum Gasteiger partial charge on any atom is 0.411 e. The number of anilines is 1. The van der Waals surface area contributed by atoms with Gasteiger partial charge in [-0.2, -0.15) is 13.2 Å². The molecule has 1 N–H and O–H groups in total. The van der Waals surface area contributed by atoms with Gasteiger partial charge < -0.3 is 15.0 Å². The first-order valence-electron chi connectivity index (χ1n) is 9.17. The zero-order valence-electron chi connectivity index (χ0n) is 16.3. The fourth-order valence-corrected chi connectivity index (χ4v) is 2.63. The molecule has 5 nitrogen and oxygen atoms in total. The quantitative estimate of drug-likeness (QED) is 0.700. The van der Waals surface area contributed by atoms with Crippen LogP contribution in [0, 0.1) is 0 Å². The molecule has 29 heavy (non-hydrogen) atoms. The van der Waals surface area contributed by atoms with Crippen LogP contribution in [0.1, 0.15) is 40.1 Å². The molecule has 0 saturated carbocycles. The second-order valence-corrected chi connectivity index (χ2v) is 6.31. The van der Waals surface area contributed by atoms with Crippen LogP contribution < -0.4 is 5.32 Å². The molecule has 156 valence electrons. The van der Waals surface area contributed by atoms with Crippen LogP contribution in [-0.4, -0.2) is 42.6 Å². The number of halogens is 3. The first kappa shape index (κ1) is 22.4. The minimum Gasteiger partial charge on any atom is -0.367 e. The third kappa shape index (κ3) is 6.90. The van der Waals surface area contributed by atoms with Crippen molar-refractivity contribution in [3.05, 3.63) is 65.2 Å². The first-order valence-corrected chi connectivity index (χ1v) is 9.17. The highest BCUT2D eigenvalue weighted by Gasteiger charge is 2.27. The third-order valence-electron chi connectivity index (χ3n) is 4.19. The van der Waals surface area contributed by atoms with Crippen molar-refractivity contribution in [1.29, 1.82) is 0 Å². The second kappa shape index (κ2) is 10.1. The van der Waals surface area contributed by atoms with Crippen molar-refractivity contribution in [2.75, 3.05) is 25.0 Å². The van der Waals surface area contributed by atoms with Crippen molar-refractivity contribution in [3.8, 4) is 0 Å². The molecule has 0 aromatic heterocycles. The summed E-state index contributed by atoms with van der Waals surface area (Å²) in [5.74, 6) is -0.438. The lowest BCUT2D eigenvalue weighted by atomic mass is 10.1. The number of carbonyl (C=O) groups is 2. The van der Waals surface area contributed by atoms with E-state index in [-0.39, 0.29) is 18.4 Å². The van der Waals surface area contributed by atoms with Gasteiger partial charge in [-0.05, 0) is 55.8 Å². The molecule has 0 unspecified atom stereocenters. The molecule has 0 aliphatic rings. The molecule has 0 atom stereocenters. The van der Waals surface area contributed by atoms with Crippen molar-refractivity contribution in [2.24, 2.45) is 0 Å². The fourth-order valence-electron chi connectivity index (χ4n) is 2.63. The van der Waals surface area contributed by atoms with Crippen molar-refractivity contribution in [1.82, 2.24) is 4.90 Å². The van der Waals surface area contributed by atoms with Crippen LogP contribution in [0.2, 0.25) is 0 Å². The number of rotatable bonds is 8. The Kier molecular flexibility index (Phi) is 7.78. The largest absolute Gasteiger partial charge is 0.411 e. The number of nitrogens with zero attached hydrogens (tertiary/aromatic N) is 1. The molecule has 0 radical (unpaired) electrons. The number of carbonyl (C=O) groups excluding carboxylic acids is 2. The number of nitrogens with one attached hydrogen (secondary N) is 1. The number of ether oxygens (including phenoxy) is 1. The molecule has 0 aliphatic heterocycles. The van der Waals surface area contributed by atoms with E-state index in [0.717, 1.165) is 0 Å². The predicted molar refractivity (Wildman–Crippen MR) is 104 cm³/mol. The molecule has 0 bridgehead atoms. The van der Waals surface area contributed by atoms with Crippen molar-refractivity contribution in [2.45, 2.75) is 26.6 Å². The molecular weight excluding hydrogens is 385 g/mol. The Balaban J connectivity index is 1.93. The molecule has 2 aromatic rings. The van der Waals surface area contributed by atoms with E-state index in [9.17, 15) is 22.8 Å². The van der Waals surface area contributed by atoms with E-state index >= 15 is 0 Å². The summed E-state index contributed by atoms with van der Waals surface area (Å²) in [6.45, 7) is 3.54. The summed E-state index contributed by atoms with van der Waals surface area (Å²) in [5, 5.41) is 2.72. The molecule has 8 heteroatoms. The molecule has 0 aliphatic carbocycles. The van der Waals surface area contributed by atoms with Gasteiger partial charge in [0.05, 0.1) is 6.61 Å². The van der Waals surface area contributed by atoms with Gasteiger partial charge >= 0.3 is 6.18 Å². The monoisotopic (exact) mass is 408 g/mol. The lowest BCUT2D eigenvalue weighted by Crippen LogP contribution is -2.30. The lowest BCUT2D eigenvalue weighted by molar-refractivity contribution is -0.176. The Morgan fingerprint density at radius 2 is 1.48 bits per heavy atom. The van der Waals surface area contributed by atoms with Crippen LogP contribution >= 0.6 is 0 Å². The van der Waals surface area contributed by atoms with Crippen molar-refractivity contribution in [3.63, 3.8) is 0 Å². The minimum absolute atomic E-state index is 0.0730. The van der Waals surface area contributed by atoms with Gasteiger partial charge in [-0.15, -0.1) is 0 Å². The third-order valence-corrected chi connectivity index (χ3v) is 4.19. The highest BCUT2D eigenvalue weighted by molar-refractivity contribution is 6.04. The predicted octanol–water partition coefficient (Wildman–Crippen LogP) is 4.50. The van der Waals surface area contributed by atoms with E-state index < -0.39 is 12.8 Å². The molecule has 2 rings (SSSR count). The summed E-state index contributed by atoms with van der Waals surface area (Å²) in [6.07, 6.45) is -4.37. The zero-order chi connectivity index (χ0) is 21.4. The number of benzene rings is 2. The Morgan fingerprint density at radius 1 is 0.931 bits per heavy atom. The normalized spacial score (nSPS) is 11.2. The Hall–Kier alpha value is -2.87. The minimum atomic E-state index is -4.37. The number of alkyl halides is 3. The van der Waals surface area contributed by atoms with E-state index in [1.165, 1.54) is 24.3 Å². The molecule has 2 aromatic carbocycles. The standard InChI is InChI=1S/C21H23F3N2O3/c1-3-26(4-2)20(28)17-9-11-18(12-10-17)25-19(27)16-7-5-15(6-8-16)13-29-14-21(22,23)24/h5-12H,3-4,13-14H2,1-2H3,(H,25,27). The van der Waals surface area contributed by atoms with Gasteiger partial charge in [0.2, 0.25) is 0 Å². The lowest BCUT2D eigenvalue weighted by Gasteiger charge is -2.18. The van der Waals surface area contributed by atoms with Gasteiger partial charge in [0, 0.05) is 29.9 Å². The SMILES string of the molecule is CCN(CC)C(=O)c1ccc(NC(=O)c2ccc(COCC(F)(F)F)cc2)cc1. The summed E-state index contributed by atoms with van der Waals surface area (Å²) < 4.78 is 40.8. The summed E-state index contributed by atoms with van der Waals surface area (Å²) >= 11 is 0. The Morgan fingerprint density at radius 3 is 2.00 bits per heavy atom. The fraction of sp³-hybridized carbons (Fsp3) is 0.333. The molecule has 2 amide bonds. The molecular formula is C21H23F3N2O3. The van der Waals surface area contributed by atoms with Crippen molar-refractivity contribution < 1.29 is 27.5 Å². The van der Waals surface area contributed by atoms with Gasteiger partial charge in [0.1, 0.15) is 6.61 Å². The van der Waals surface area contributed by atoms with E-state index in [1.54, 1.807) is 29.2 Å². The van der Waals surface area contributed by atoms with Crippen LogP contribution in [-0.2, 0) is 11.3 Å². The van der Waals surface area contributed by atoms with Crippen LogP contribution in [0.5, 0.6) is 0 Å². The van der Waals surface area contributed by atoms with E-state index in [4.69, 9.17) is 0 Å². The number of amides is 2. The molecule has 0 fully saturated rings. The number of hydrogen-bond donors (Lipinski definition) is 1. The second-order valence-electron chi connectivity index (χ2n) is 6.31. The topological polar surface area (TPSA) is 58.6 Å². The Bertz CT molecular complexity index is 815. The van der Waals surface area contributed by atoms with Crippen LogP contribution in [0.25, 0.3) is 0 Å². The van der Waals surface area contributed by atoms with E-state index in [0.29, 0.717) is 35.5 Å². The van der Waals surface area contributed by atoms with E-state index in [2.05, 4.69) is 10.1 Å². The van der Waals surface area contributed by atoms with Crippen LogP contribution in [0.4, 0.5) is 18.9 Å². The van der Waals surface area contributed by atoms with Gasteiger partial charge in [0.25, 0.3) is 11.8 Å². The molecule has 0 heterocycles. The van der Waals surface area contributed by atoms with Gasteiger partial charge in [0.15, 0.2) is 0 Å². The smallest absolute Gasteiger partial charge is 0.367 e. The summed E-state index contributed by atoms with van der Waals surface area (Å²) in [7, 11) is 0. The highest BCUT2D eigenvalue weighted by Crippen LogP contribution is 2.17. The Labute approximate surface area is 167 Å². The average molecular weight is 408 g/mol. The van der Waals surface area contributed by atoms with Crippen molar-refractivity contribution >= 4 is 17.5 Å². The van der Waals surface area contributed by atoms with Gasteiger partial charge in [-0.3, -0.25) is 9.59 Å². The van der Waals surface area contributed by atoms with Crippen LogP contribution in [0.15, 0.2) is 48.5 Å². The average Bonchev–Trinajstić information content (AvgIpc) is 2.69. The molecule has 0 spiro atoms. The highest BCUT2D eigenvalue weighted by atomic mass is 19.4.